The van der Waals surface area contributed by atoms with Gasteiger partial charge in [-0.3, -0.25) is 4.79 Å². The highest BCUT2D eigenvalue weighted by atomic mass is 35.5. The molecule has 0 aliphatic heterocycles. The van der Waals surface area contributed by atoms with Crippen LogP contribution < -0.4 is 11.1 Å². The van der Waals surface area contributed by atoms with E-state index in [-0.39, 0.29) is 0 Å². The average molecular weight is 283 g/mol. The Kier molecular flexibility index (Phi) is 4.66. The molecule has 0 unspecified atom stereocenters. The number of nitrogens with one attached hydrogen (secondary N) is 1. The molecule has 0 bridgehead atoms. The largest absolute Gasteiger partial charge is 0.382 e. The molecule has 5 heteroatoms. The molecule has 19 heavy (non-hydrogen) atoms. The summed E-state index contributed by atoms with van der Waals surface area (Å²) in [5.74, 6) is -0.503. The minimum absolute atomic E-state index is 0.357. The minimum atomic E-state index is -0.503. The lowest BCUT2D eigenvalue weighted by Gasteiger charge is -2.29. The monoisotopic (exact) mass is 282 g/mol. The number of hydrogen-bond acceptors (Lipinski definition) is 3. The maximum atomic E-state index is 11.1. The zero-order chi connectivity index (χ0) is 13.8. The molecule has 4 nitrogen and oxygen atoms in total. The Morgan fingerprint density at radius 2 is 2.05 bits per heavy atom. The molecule has 0 aromatic heterocycles. The summed E-state index contributed by atoms with van der Waals surface area (Å²) in [7, 11) is 1.76. The molecule has 0 heterocycles. The summed E-state index contributed by atoms with van der Waals surface area (Å²) in [4.78, 5) is 11.1. The van der Waals surface area contributed by atoms with Crippen LogP contribution >= 0.6 is 11.6 Å². The summed E-state index contributed by atoms with van der Waals surface area (Å²) in [6.07, 6.45) is 4.68. The van der Waals surface area contributed by atoms with Gasteiger partial charge in [-0.25, -0.2) is 0 Å². The lowest BCUT2D eigenvalue weighted by Crippen LogP contribution is -2.29. The van der Waals surface area contributed by atoms with Crippen LogP contribution in [0.2, 0.25) is 5.02 Å². The standard InChI is InChI=1S/C14H19ClN2O2/c1-19-11-5-2-9(3-6-11)17-10-4-7-12(14(16)18)13(15)8-10/h4,7-9,11,17H,2-3,5-6H2,1H3,(H2,16,18). The number of primary amides is 1. The highest BCUT2D eigenvalue weighted by Gasteiger charge is 2.20. The van der Waals surface area contributed by atoms with E-state index in [1.807, 2.05) is 6.07 Å². The summed E-state index contributed by atoms with van der Waals surface area (Å²) in [5.41, 5.74) is 6.51. The number of amides is 1. The molecule has 1 amide bonds. The normalized spacial score (nSPS) is 23.1. The van der Waals surface area contributed by atoms with Gasteiger partial charge < -0.3 is 15.8 Å². The Morgan fingerprint density at radius 3 is 2.58 bits per heavy atom. The van der Waals surface area contributed by atoms with Gasteiger partial charge in [0, 0.05) is 18.8 Å². The second kappa shape index (κ2) is 6.26. The SMILES string of the molecule is COC1CCC(Nc2ccc(C(N)=O)c(Cl)c2)CC1. The van der Waals surface area contributed by atoms with Crippen LogP contribution in [0, 0.1) is 0 Å². The second-order valence-electron chi connectivity index (χ2n) is 4.91. The molecule has 0 saturated heterocycles. The van der Waals surface area contributed by atoms with E-state index < -0.39 is 5.91 Å². The van der Waals surface area contributed by atoms with Gasteiger partial charge in [0.25, 0.3) is 0 Å². The quantitative estimate of drug-likeness (QED) is 0.892. The van der Waals surface area contributed by atoms with E-state index in [0.717, 1.165) is 31.4 Å². The minimum Gasteiger partial charge on any atom is -0.382 e. The second-order valence-corrected chi connectivity index (χ2v) is 5.32. The van der Waals surface area contributed by atoms with E-state index in [9.17, 15) is 4.79 Å². The predicted molar refractivity (Wildman–Crippen MR) is 76.6 cm³/mol. The molecule has 1 aliphatic carbocycles. The zero-order valence-electron chi connectivity index (χ0n) is 11.0. The van der Waals surface area contributed by atoms with Gasteiger partial charge in [-0.2, -0.15) is 0 Å². The average Bonchev–Trinajstić information content (AvgIpc) is 2.39. The molecule has 0 radical (unpaired) electrons. The lowest BCUT2D eigenvalue weighted by molar-refractivity contribution is 0.0682. The summed E-state index contributed by atoms with van der Waals surface area (Å²) in [6.45, 7) is 0. The van der Waals surface area contributed by atoms with E-state index in [2.05, 4.69) is 5.32 Å². The van der Waals surface area contributed by atoms with Gasteiger partial charge in [0.2, 0.25) is 5.91 Å². The fraction of sp³-hybridized carbons (Fsp3) is 0.500. The molecule has 1 aliphatic rings. The number of methoxy groups -OCH3 is 1. The number of hydrogen-bond donors (Lipinski definition) is 2. The molecule has 3 N–H and O–H groups in total. The van der Waals surface area contributed by atoms with E-state index in [1.54, 1.807) is 19.2 Å². The van der Waals surface area contributed by atoms with Crippen LogP contribution in [0.3, 0.4) is 0 Å². The van der Waals surface area contributed by atoms with E-state index >= 15 is 0 Å². The number of benzene rings is 1. The Bertz CT molecular complexity index is 457. The molecule has 2 rings (SSSR count). The number of carbonyl (C=O) groups is 1. The third-order valence-electron chi connectivity index (χ3n) is 3.61. The Labute approximate surface area is 118 Å². The molecular weight excluding hydrogens is 264 g/mol. The van der Waals surface area contributed by atoms with Gasteiger partial charge in [0.1, 0.15) is 0 Å². The van der Waals surface area contributed by atoms with Crippen LogP contribution in [-0.4, -0.2) is 25.2 Å². The molecule has 1 saturated carbocycles. The fourth-order valence-electron chi connectivity index (χ4n) is 2.48. The molecule has 104 valence electrons. The Balaban J connectivity index is 1.97. The highest BCUT2D eigenvalue weighted by Crippen LogP contribution is 2.26. The molecule has 1 fully saturated rings. The first-order chi connectivity index (χ1) is 9.10. The summed E-state index contributed by atoms with van der Waals surface area (Å²) in [5, 5.41) is 3.83. The van der Waals surface area contributed by atoms with Crippen LogP contribution in [-0.2, 0) is 4.74 Å². The number of nitrogens with two attached hydrogens (primary N) is 1. The predicted octanol–water partition coefficient (Wildman–Crippen LogP) is 2.81. The smallest absolute Gasteiger partial charge is 0.250 e. The Hall–Kier alpha value is -1.26. The fourth-order valence-corrected chi connectivity index (χ4v) is 2.76. The van der Waals surface area contributed by atoms with E-state index in [4.69, 9.17) is 22.1 Å². The molecule has 0 atom stereocenters. The van der Waals surface area contributed by atoms with E-state index in [1.165, 1.54) is 0 Å². The van der Waals surface area contributed by atoms with Crippen molar-refractivity contribution in [3.05, 3.63) is 28.8 Å². The third-order valence-corrected chi connectivity index (χ3v) is 3.93. The van der Waals surface area contributed by atoms with Crippen LogP contribution in [0.1, 0.15) is 36.0 Å². The van der Waals surface area contributed by atoms with Crippen LogP contribution in [0.15, 0.2) is 18.2 Å². The van der Waals surface area contributed by atoms with Crippen molar-refractivity contribution < 1.29 is 9.53 Å². The van der Waals surface area contributed by atoms with Gasteiger partial charge in [0.15, 0.2) is 0 Å². The van der Waals surface area contributed by atoms with Gasteiger partial charge in [-0.15, -0.1) is 0 Å². The van der Waals surface area contributed by atoms with Gasteiger partial charge >= 0.3 is 0 Å². The summed E-state index contributed by atoms with van der Waals surface area (Å²) in [6, 6.07) is 5.69. The first kappa shape index (κ1) is 14.2. The zero-order valence-corrected chi connectivity index (χ0v) is 11.7. The lowest BCUT2D eigenvalue weighted by atomic mass is 9.93. The maximum absolute atomic E-state index is 11.1. The number of carbonyl (C=O) groups excluding carboxylic acids is 1. The van der Waals surface area contributed by atoms with Gasteiger partial charge in [-0.05, 0) is 43.9 Å². The molecule has 1 aromatic carbocycles. The van der Waals surface area contributed by atoms with Crippen molar-refractivity contribution in [1.82, 2.24) is 0 Å². The van der Waals surface area contributed by atoms with Crippen molar-refractivity contribution in [3.63, 3.8) is 0 Å². The van der Waals surface area contributed by atoms with Gasteiger partial charge in [0.05, 0.1) is 16.7 Å². The Morgan fingerprint density at radius 1 is 1.37 bits per heavy atom. The number of anilines is 1. The van der Waals surface area contributed by atoms with Crippen molar-refractivity contribution in [2.24, 2.45) is 5.73 Å². The third kappa shape index (κ3) is 3.61. The number of halogens is 1. The van der Waals surface area contributed by atoms with Crippen molar-refractivity contribution in [1.29, 1.82) is 0 Å². The van der Waals surface area contributed by atoms with Crippen molar-refractivity contribution in [3.8, 4) is 0 Å². The van der Waals surface area contributed by atoms with Crippen LogP contribution in [0.25, 0.3) is 0 Å². The number of rotatable bonds is 4. The first-order valence-corrected chi connectivity index (χ1v) is 6.86. The van der Waals surface area contributed by atoms with Crippen LogP contribution in [0.5, 0.6) is 0 Å². The molecule has 0 spiro atoms. The van der Waals surface area contributed by atoms with Crippen molar-refractivity contribution in [2.75, 3.05) is 12.4 Å². The first-order valence-electron chi connectivity index (χ1n) is 6.49. The van der Waals surface area contributed by atoms with E-state index in [0.29, 0.717) is 22.7 Å². The highest BCUT2D eigenvalue weighted by molar-refractivity contribution is 6.34. The number of ether oxygens (including phenoxy) is 1. The maximum Gasteiger partial charge on any atom is 0.250 e. The molecule has 1 aromatic rings. The summed E-state index contributed by atoms with van der Waals surface area (Å²) >= 11 is 6.03. The summed E-state index contributed by atoms with van der Waals surface area (Å²) < 4.78 is 5.35. The topological polar surface area (TPSA) is 64.3 Å². The van der Waals surface area contributed by atoms with Gasteiger partial charge in [-0.1, -0.05) is 11.6 Å². The van der Waals surface area contributed by atoms with Crippen molar-refractivity contribution in [2.45, 2.75) is 37.8 Å². The molecular formula is C14H19ClN2O2. The van der Waals surface area contributed by atoms with Crippen molar-refractivity contribution >= 4 is 23.2 Å². The van der Waals surface area contributed by atoms with Crippen LogP contribution in [0.4, 0.5) is 5.69 Å².